The van der Waals surface area contributed by atoms with Gasteiger partial charge in [-0.05, 0) is 31.7 Å². The average molecular weight is 297 g/mol. The minimum Gasteiger partial charge on any atom is -0.367 e. The van der Waals surface area contributed by atoms with Crippen LogP contribution in [0.15, 0.2) is 24.7 Å². The highest BCUT2D eigenvalue weighted by Gasteiger charge is 2.28. The highest BCUT2D eigenvalue weighted by molar-refractivity contribution is 5.88. The second-order valence-electron chi connectivity index (χ2n) is 5.93. The molecule has 0 spiro atoms. The standard InChI is InChI=1S/C15H19N7/c1-9(10-3-4-10)18-14-12-5-6-16-13(12)20-15(21-14)19-11-7-17-22(2)8-11/h5-10H,3-4H2,1-2H3,(H3,16,18,19,20,21)/t9-/m1/s1. The molecule has 3 aromatic heterocycles. The third-order valence-corrected chi connectivity index (χ3v) is 4.07. The fourth-order valence-corrected chi connectivity index (χ4v) is 2.65. The van der Waals surface area contributed by atoms with Crippen LogP contribution in [-0.2, 0) is 7.05 Å². The largest absolute Gasteiger partial charge is 0.367 e. The van der Waals surface area contributed by atoms with Crippen LogP contribution in [0.5, 0.6) is 0 Å². The molecule has 3 heterocycles. The minimum atomic E-state index is 0.430. The summed E-state index contributed by atoms with van der Waals surface area (Å²) >= 11 is 0. The van der Waals surface area contributed by atoms with Gasteiger partial charge in [0.05, 0.1) is 17.3 Å². The maximum atomic E-state index is 4.64. The molecule has 4 rings (SSSR count). The normalized spacial score (nSPS) is 15.9. The molecule has 1 atom stereocenters. The van der Waals surface area contributed by atoms with E-state index in [1.54, 1.807) is 10.9 Å². The van der Waals surface area contributed by atoms with Gasteiger partial charge in [0.25, 0.3) is 0 Å². The number of anilines is 3. The molecule has 0 unspecified atom stereocenters. The van der Waals surface area contributed by atoms with Crippen molar-refractivity contribution in [3.8, 4) is 0 Å². The van der Waals surface area contributed by atoms with E-state index in [-0.39, 0.29) is 0 Å². The summed E-state index contributed by atoms with van der Waals surface area (Å²) in [7, 11) is 1.88. The first-order valence-electron chi connectivity index (χ1n) is 7.56. The van der Waals surface area contributed by atoms with Crippen molar-refractivity contribution in [2.45, 2.75) is 25.8 Å². The quantitative estimate of drug-likeness (QED) is 0.674. The van der Waals surface area contributed by atoms with Crippen molar-refractivity contribution in [1.82, 2.24) is 24.7 Å². The number of hydrogen-bond donors (Lipinski definition) is 3. The smallest absolute Gasteiger partial charge is 0.231 e. The van der Waals surface area contributed by atoms with Gasteiger partial charge in [-0.2, -0.15) is 15.1 Å². The Morgan fingerprint density at radius 1 is 1.36 bits per heavy atom. The van der Waals surface area contributed by atoms with Gasteiger partial charge in [-0.1, -0.05) is 0 Å². The van der Waals surface area contributed by atoms with Crippen LogP contribution in [0.25, 0.3) is 11.0 Å². The predicted octanol–water partition coefficient (Wildman–Crippen LogP) is 2.65. The molecule has 0 amide bonds. The molecule has 1 aliphatic rings. The van der Waals surface area contributed by atoms with Crippen LogP contribution in [0.4, 0.5) is 17.5 Å². The number of aromatic nitrogens is 5. The third kappa shape index (κ3) is 2.49. The topological polar surface area (TPSA) is 83.4 Å². The van der Waals surface area contributed by atoms with Gasteiger partial charge in [0.2, 0.25) is 5.95 Å². The second kappa shape index (κ2) is 5.01. The first-order valence-corrected chi connectivity index (χ1v) is 7.56. The van der Waals surface area contributed by atoms with E-state index in [2.05, 4.69) is 37.6 Å². The second-order valence-corrected chi connectivity index (χ2v) is 5.93. The molecule has 0 radical (unpaired) electrons. The zero-order chi connectivity index (χ0) is 15.1. The Bertz CT molecular complexity index is 799. The molecule has 114 valence electrons. The van der Waals surface area contributed by atoms with Crippen LogP contribution in [-0.4, -0.2) is 30.8 Å². The van der Waals surface area contributed by atoms with E-state index in [1.807, 2.05) is 25.5 Å². The van der Waals surface area contributed by atoms with E-state index in [0.29, 0.717) is 12.0 Å². The van der Waals surface area contributed by atoms with Crippen LogP contribution in [0.2, 0.25) is 0 Å². The number of rotatable bonds is 5. The predicted molar refractivity (Wildman–Crippen MR) is 86.2 cm³/mol. The van der Waals surface area contributed by atoms with Crippen molar-refractivity contribution < 1.29 is 0 Å². The molecule has 3 aromatic rings. The van der Waals surface area contributed by atoms with Crippen molar-refractivity contribution in [1.29, 1.82) is 0 Å². The van der Waals surface area contributed by atoms with Crippen molar-refractivity contribution in [2.75, 3.05) is 10.6 Å². The molecule has 3 N–H and O–H groups in total. The van der Waals surface area contributed by atoms with Crippen molar-refractivity contribution in [3.63, 3.8) is 0 Å². The zero-order valence-electron chi connectivity index (χ0n) is 12.7. The fourth-order valence-electron chi connectivity index (χ4n) is 2.65. The van der Waals surface area contributed by atoms with Crippen molar-refractivity contribution >= 4 is 28.5 Å². The summed E-state index contributed by atoms with van der Waals surface area (Å²) in [4.78, 5) is 12.3. The Morgan fingerprint density at radius 3 is 2.95 bits per heavy atom. The Morgan fingerprint density at radius 2 is 2.23 bits per heavy atom. The first-order chi connectivity index (χ1) is 10.7. The summed E-state index contributed by atoms with van der Waals surface area (Å²) < 4.78 is 1.74. The molecule has 1 saturated carbocycles. The van der Waals surface area contributed by atoms with E-state index >= 15 is 0 Å². The first kappa shape index (κ1) is 13.1. The molecule has 1 aliphatic carbocycles. The van der Waals surface area contributed by atoms with Gasteiger partial charge in [0.1, 0.15) is 11.5 Å². The highest BCUT2D eigenvalue weighted by Crippen LogP contribution is 2.34. The summed E-state index contributed by atoms with van der Waals surface area (Å²) in [5.41, 5.74) is 1.70. The van der Waals surface area contributed by atoms with Crippen LogP contribution in [0.3, 0.4) is 0 Å². The van der Waals surface area contributed by atoms with Gasteiger partial charge in [-0.3, -0.25) is 4.68 Å². The minimum absolute atomic E-state index is 0.430. The molecular formula is C15H19N7. The average Bonchev–Trinajstić information content (AvgIpc) is 3.11. The van der Waals surface area contributed by atoms with Crippen molar-refractivity contribution in [2.24, 2.45) is 13.0 Å². The van der Waals surface area contributed by atoms with Gasteiger partial charge in [-0.15, -0.1) is 0 Å². The Balaban J connectivity index is 1.66. The lowest BCUT2D eigenvalue weighted by atomic mass is 10.2. The van der Waals surface area contributed by atoms with E-state index in [9.17, 15) is 0 Å². The van der Waals surface area contributed by atoms with Crippen LogP contribution < -0.4 is 10.6 Å². The van der Waals surface area contributed by atoms with E-state index in [4.69, 9.17) is 0 Å². The summed E-state index contributed by atoms with van der Waals surface area (Å²) in [6.07, 6.45) is 8.14. The summed E-state index contributed by atoms with van der Waals surface area (Å²) in [5, 5.41) is 11.9. The zero-order valence-corrected chi connectivity index (χ0v) is 12.7. The lowest BCUT2D eigenvalue weighted by molar-refractivity contribution is 0.691. The van der Waals surface area contributed by atoms with E-state index in [1.165, 1.54) is 12.8 Å². The van der Waals surface area contributed by atoms with Crippen LogP contribution in [0, 0.1) is 5.92 Å². The molecular weight excluding hydrogens is 278 g/mol. The summed E-state index contributed by atoms with van der Waals surface area (Å²) in [6.45, 7) is 2.21. The lowest BCUT2D eigenvalue weighted by Crippen LogP contribution is -2.18. The molecule has 0 aromatic carbocycles. The Kier molecular flexibility index (Phi) is 2.99. The Labute approximate surface area is 128 Å². The van der Waals surface area contributed by atoms with Crippen LogP contribution in [0.1, 0.15) is 19.8 Å². The molecule has 0 bridgehead atoms. The van der Waals surface area contributed by atoms with Gasteiger partial charge in [0, 0.05) is 25.5 Å². The van der Waals surface area contributed by atoms with Gasteiger partial charge in [-0.25, -0.2) is 0 Å². The summed E-state index contributed by atoms with van der Waals surface area (Å²) in [5.74, 6) is 2.20. The highest BCUT2D eigenvalue weighted by atomic mass is 15.3. The maximum Gasteiger partial charge on any atom is 0.231 e. The fraction of sp³-hybridized carbons (Fsp3) is 0.400. The number of hydrogen-bond acceptors (Lipinski definition) is 5. The molecule has 0 aliphatic heterocycles. The number of nitrogens with one attached hydrogen (secondary N) is 3. The Hall–Kier alpha value is -2.57. The molecule has 7 heteroatoms. The number of aromatic amines is 1. The van der Waals surface area contributed by atoms with E-state index < -0.39 is 0 Å². The molecule has 22 heavy (non-hydrogen) atoms. The number of fused-ring (bicyclic) bond motifs is 1. The van der Waals surface area contributed by atoms with Gasteiger partial charge < -0.3 is 15.6 Å². The number of H-pyrrole nitrogens is 1. The lowest BCUT2D eigenvalue weighted by Gasteiger charge is -2.15. The maximum absolute atomic E-state index is 4.64. The number of aryl methyl sites for hydroxylation is 1. The monoisotopic (exact) mass is 297 g/mol. The molecule has 0 saturated heterocycles. The van der Waals surface area contributed by atoms with Crippen LogP contribution >= 0.6 is 0 Å². The van der Waals surface area contributed by atoms with E-state index in [0.717, 1.165) is 28.5 Å². The third-order valence-electron chi connectivity index (χ3n) is 4.07. The SMILES string of the molecule is C[C@@H](Nc1nc(Nc2cnn(C)c2)nc2[nH]ccc12)C1CC1. The van der Waals surface area contributed by atoms with Crippen molar-refractivity contribution in [3.05, 3.63) is 24.7 Å². The summed E-state index contributed by atoms with van der Waals surface area (Å²) in [6, 6.07) is 2.43. The molecule has 7 nitrogen and oxygen atoms in total. The van der Waals surface area contributed by atoms with Gasteiger partial charge in [0.15, 0.2) is 0 Å². The van der Waals surface area contributed by atoms with Gasteiger partial charge >= 0.3 is 0 Å². The molecule has 1 fully saturated rings. The number of nitrogens with zero attached hydrogens (tertiary/aromatic N) is 4.